The lowest BCUT2D eigenvalue weighted by Gasteiger charge is -2.30. The van der Waals surface area contributed by atoms with Gasteiger partial charge in [0.1, 0.15) is 4.83 Å². The summed E-state index contributed by atoms with van der Waals surface area (Å²) in [5.41, 5.74) is 5.97. The normalized spacial score (nSPS) is 17.3. The molecule has 2 aromatic rings. The van der Waals surface area contributed by atoms with E-state index in [0.717, 1.165) is 52.0 Å². The van der Waals surface area contributed by atoms with Crippen molar-refractivity contribution in [2.24, 2.45) is 5.73 Å². The van der Waals surface area contributed by atoms with Gasteiger partial charge in [0.25, 0.3) is 5.91 Å². The molecule has 24 heavy (non-hydrogen) atoms. The van der Waals surface area contributed by atoms with E-state index in [4.69, 9.17) is 5.73 Å². The molecule has 0 radical (unpaired) electrons. The van der Waals surface area contributed by atoms with Crippen LogP contribution in [0.15, 0.2) is 6.07 Å². The first-order chi connectivity index (χ1) is 10.6. The number of likely N-dealkylation sites (tertiary alicyclic amines) is 1. The molecule has 136 valence electrons. The van der Waals surface area contributed by atoms with Crippen molar-refractivity contribution in [3.8, 4) is 0 Å². The number of carbonyl (C=O) groups excluding carboxylic acids is 1. The van der Waals surface area contributed by atoms with Crippen molar-refractivity contribution in [3.63, 3.8) is 0 Å². The molecule has 3 heterocycles. The van der Waals surface area contributed by atoms with Crippen LogP contribution in [-0.2, 0) is 0 Å². The molecule has 0 spiro atoms. The lowest BCUT2D eigenvalue weighted by atomic mass is 10.1. The number of aromatic nitrogens is 1. The number of thiazole rings is 1. The van der Waals surface area contributed by atoms with Crippen LogP contribution in [0.1, 0.15) is 36.4 Å². The molecule has 5 nitrogen and oxygen atoms in total. The van der Waals surface area contributed by atoms with Gasteiger partial charge >= 0.3 is 0 Å². The fraction of sp³-hybridized carbons (Fsp3) is 0.600. The maximum absolute atomic E-state index is 12.6. The van der Waals surface area contributed by atoms with Crippen LogP contribution in [0.2, 0.25) is 0 Å². The van der Waals surface area contributed by atoms with Crippen molar-refractivity contribution in [2.75, 3.05) is 31.1 Å². The van der Waals surface area contributed by atoms with Crippen LogP contribution in [0, 0.1) is 0 Å². The van der Waals surface area contributed by atoms with Crippen LogP contribution in [0.5, 0.6) is 0 Å². The first-order valence-corrected chi connectivity index (χ1v) is 9.45. The van der Waals surface area contributed by atoms with Gasteiger partial charge in [-0.25, -0.2) is 4.98 Å². The Morgan fingerprint density at radius 2 is 2.08 bits per heavy atom. The maximum atomic E-state index is 12.6. The molecular weight excluding hydrogens is 387 g/mol. The van der Waals surface area contributed by atoms with Gasteiger partial charge in [-0.1, -0.05) is 11.3 Å². The van der Waals surface area contributed by atoms with Gasteiger partial charge in [0, 0.05) is 32.2 Å². The Hall–Kier alpha value is -0.600. The van der Waals surface area contributed by atoms with Gasteiger partial charge in [-0.3, -0.25) is 4.79 Å². The first kappa shape index (κ1) is 21.4. The van der Waals surface area contributed by atoms with Crippen molar-refractivity contribution < 1.29 is 4.79 Å². The Labute approximate surface area is 163 Å². The molecule has 0 bridgehead atoms. The summed E-state index contributed by atoms with van der Waals surface area (Å²) < 4.78 is 1.11. The van der Waals surface area contributed by atoms with E-state index in [0.29, 0.717) is 6.54 Å². The molecule has 1 atom stereocenters. The highest BCUT2D eigenvalue weighted by molar-refractivity contribution is 7.29. The van der Waals surface area contributed by atoms with Crippen LogP contribution in [0.25, 0.3) is 9.53 Å². The minimum absolute atomic E-state index is 0. The summed E-state index contributed by atoms with van der Waals surface area (Å²) in [7, 11) is 0. The smallest absolute Gasteiger partial charge is 0.264 e. The molecule has 1 amide bonds. The topological polar surface area (TPSA) is 62.5 Å². The number of amides is 1. The lowest BCUT2D eigenvalue weighted by Crippen LogP contribution is -2.45. The average molecular weight is 411 g/mol. The summed E-state index contributed by atoms with van der Waals surface area (Å²) >= 11 is 3.17. The van der Waals surface area contributed by atoms with E-state index in [9.17, 15) is 4.79 Å². The first-order valence-electron chi connectivity index (χ1n) is 7.82. The van der Waals surface area contributed by atoms with E-state index in [1.54, 1.807) is 11.3 Å². The fourth-order valence-electron chi connectivity index (χ4n) is 2.81. The van der Waals surface area contributed by atoms with Crippen LogP contribution >= 0.6 is 47.5 Å². The number of fused-ring (bicyclic) bond motifs is 1. The second-order valence-electron chi connectivity index (χ2n) is 5.60. The number of hydrogen-bond donors (Lipinski definition) is 1. The van der Waals surface area contributed by atoms with E-state index >= 15 is 0 Å². The third-order valence-electron chi connectivity index (χ3n) is 4.07. The van der Waals surface area contributed by atoms with Crippen LogP contribution in [-0.4, -0.2) is 48.0 Å². The maximum Gasteiger partial charge on any atom is 0.264 e. The third-order valence-corrected chi connectivity index (χ3v) is 6.28. The van der Waals surface area contributed by atoms with Crippen molar-refractivity contribution in [1.82, 2.24) is 9.88 Å². The molecule has 0 aliphatic carbocycles. The largest absolute Gasteiger partial charge is 0.349 e. The molecule has 0 saturated carbocycles. The monoisotopic (exact) mass is 410 g/mol. The number of thiophene rings is 1. The average Bonchev–Trinajstić information content (AvgIpc) is 3.06. The molecule has 1 unspecified atom stereocenters. The minimum atomic E-state index is 0. The lowest BCUT2D eigenvalue weighted by molar-refractivity contribution is 0.0714. The summed E-state index contributed by atoms with van der Waals surface area (Å²) in [6, 6.07) is 2.11. The Morgan fingerprint density at radius 3 is 2.67 bits per heavy atom. The highest BCUT2D eigenvalue weighted by atomic mass is 35.5. The van der Waals surface area contributed by atoms with Gasteiger partial charge < -0.3 is 15.5 Å². The summed E-state index contributed by atoms with van der Waals surface area (Å²) in [6.07, 6.45) is 2.01. The van der Waals surface area contributed by atoms with Crippen molar-refractivity contribution in [2.45, 2.75) is 32.7 Å². The summed E-state index contributed by atoms with van der Waals surface area (Å²) in [6.45, 7) is 7.66. The number of rotatable bonds is 4. The van der Waals surface area contributed by atoms with Crippen molar-refractivity contribution in [3.05, 3.63) is 10.9 Å². The predicted octanol–water partition coefficient (Wildman–Crippen LogP) is 3.61. The predicted molar refractivity (Wildman–Crippen MR) is 109 cm³/mol. The van der Waals surface area contributed by atoms with E-state index in [1.807, 2.05) is 11.0 Å². The number of anilines is 1. The van der Waals surface area contributed by atoms with Gasteiger partial charge in [-0.2, -0.15) is 0 Å². The van der Waals surface area contributed by atoms with Crippen LogP contribution in [0.4, 0.5) is 5.13 Å². The van der Waals surface area contributed by atoms with Crippen molar-refractivity contribution >= 4 is 68.1 Å². The molecule has 1 saturated heterocycles. The number of carbonyl (C=O) groups is 1. The SMILES string of the molecule is CCN(CC)c1nc2sc(C(=O)N3CCCC(N)C3)cc2s1.Cl.Cl. The van der Waals surface area contributed by atoms with Gasteiger partial charge in [0.05, 0.1) is 9.58 Å². The third kappa shape index (κ3) is 4.32. The van der Waals surface area contributed by atoms with Crippen LogP contribution in [0.3, 0.4) is 0 Å². The van der Waals surface area contributed by atoms with E-state index in [1.165, 1.54) is 11.3 Å². The molecule has 9 heteroatoms. The molecule has 2 aromatic heterocycles. The number of nitrogens with two attached hydrogens (primary N) is 1. The van der Waals surface area contributed by atoms with E-state index in [2.05, 4.69) is 23.7 Å². The number of piperidine rings is 1. The molecule has 1 aliphatic rings. The Kier molecular flexibility index (Phi) is 8.22. The quantitative estimate of drug-likeness (QED) is 0.835. The zero-order chi connectivity index (χ0) is 15.7. The summed E-state index contributed by atoms with van der Waals surface area (Å²) in [4.78, 5) is 23.2. The second-order valence-corrected chi connectivity index (χ2v) is 7.64. The van der Waals surface area contributed by atoms with Gasteiger partial charge in [0.2, 0.25) is 0 Å². The van der Waals surface area contributed by atoms with Gasteiger partial charge in [-0.15, -0.1) is 36.2 Å². The fourth-order valence-corrected chi connectivity index (χ4v) is 5.12. The Balaban J connectivity index is 0.00000144. The van der Waals surface area contributed by atoms with Crippen molar-refractivity contribution in [1.29, 1.82) is 0 Å². The highest BCUT2D eigenvalue weighted by Gasteiger charge is 2.24. The second kappa shape index (κ2) is 9.20. The number of halogens is 2. The highest BCUT2D eigenvalue weighted by Crippen LogP contribution is 2.35. The number of nitrogens with zero attached hydrogens (tertiary/aromatic N) is 3. The molecular formula is C15H24Cl2N4OS2. The van der Waals surface area contributed by atoms with Crippen LogP contribution < -0.4 is 10.6 Å². The zero-order valence-corrected chi connectivity index (χ0v) is 17.1. The number of hydrogen-bond acceptors (Lipinski definition) is 6. The van der Waals surface area contributed by atoms with E-state index in [-0.39, 0.29) is 36.8 Å². The van der Waals surface area contributed by atoms with Gasteiger partial charge in [0.15, 0.2) is 5.13 Å². The molecule has 3 rings (SSSR count). The summed E-state index contributed by atoms with van der Waals surface area (Å²) in [5.74, 6) is 0.106. The zero-order valence-electron chi connectivity index (χ0n) is 13.9. The molecule has 1 fully saturated rings. The van der Waals surface area contributed by atoms with Gasteiger partial charge in [-0.05, 0) is 32.8 Å². The summed E-state index contributed by atoms with van der Waals surface area (Å²) in [5, 5.41) is 1.05. The molecule has 1 aliphatic heterocycles. The standard InChI is InChI=1S/C15H22N4OS2.2ClH/c1-3-18(4-2)15-17-13-11(22-15)8-12(21-13)14(20)19-7-5-6-10(16)9-19;;/h8,10H,3-7,9,16H2,1-2H3;2*1H. The molecule has 0 aromatic carbocycles. The van der Waals surface area contributed by atoms with E-state index < -0.39 is 0 Å². The molecule has 2 N–H and O–H groups in total. The minimum Gasteiger partial charge on any atom is -0.349 e. The Bertz CT molecular complexity index is 640. The Morgan fingerprint density at radius 1 is 1.38 bits per heavy atom.